The number of piperidine rings is 1. The second-order valence-electron chi connectivity index (χ2n) is 10.1. The summed E-state index contributed by atoms with van der Waals surface area (Å²) in [6.45, 7) is 1.19. The van der Waals surface area contributed by atoms with Crippen molar-refractivity contribution < 1.29 is 29.0 Å². The Labute approximate surface area is 245 Å². The number of guanidine groups is 1. The number of nitrogens with zero attached hydrogens (tertiary/aromatic N) is 3. The first-order chi connectivity index (χ1) is 19.6. The summed E-state index contributed by atoms with van der Waals surface area (Å²) >= 11 is 13.1. The molecule has 0 spiro atoms. The van der Waals surface area contributed by atoms with Crippen molar-refractivity contribution in [2.75, 3.05) is 26.2 Å². The van der Waals surface area contributed by atoms with Crippen LogP contribution in [0.25, 0.3) is 11.0 Å². The van der Waals surface area contributed by atoms with Crippen molar-refractivity contribution in [1.82, 2.24) is 15.1 Å². The summed E-state index contributed by atoms with van der Waals surface area (Å²) in [7, 11) is 0. The van der Waals surface area contributed by atoms with Gasteiger partial charge < -0.3 is 35.5 Å². The molecular formula is C28H29Cl2N5O6. The number of carboxylic acid groups (broad SMARTS) is 1. The number of aliphatic hydroxyl groups is 1. The number of halogens is 2. The van der Waals surface area contributed by atoms with Gasteiger partial charge in [-0.05, 0) is 54.7 Å². The molecule has 0 radical (unpaired) electrons. The van der Waals surface area contributed by atoms with E-state index < -0.39 is 24.0 Å². The Bertz CT molecular complexity index is 1540. The van der Waals surface area contributed by atoms with Crippen LogP contribution < -0.4 is 11.1 Å². The molecule has 3 aromatic rings. The number of nitrogens with two attached hydrogens (primary N) is 1. The highest BCUT2D eigenvalue weighted by Gasteiger charge is 2.30. The molecule has 1 aromatic heterocycles. The topological polar surface area (TPSA) is 162 Å². The number of aliphatic imine (C=N–C) groups is 1. The minimum absolute atomic E-state index is 0.0343. The van der Waals surface area contributed by atoms with Gasteiger partial charge in [0, 0.05) is 37.1 Å². The highest BCUT2D eigenvalue weighted by atomic mass is 35.5. The number of aliphatic carboxylic acids is 1. The molecule has 1 saturated heterocycles. The molecule has 5 N–H and O–H groups in total. The van der Waals surface area contributed by atoms with Crippen LogP contribution in [0.5, 0.6) is 0 Å². The van der Waals surface area contributed by atoms with Crippen LogP contribution in [0.3, 0.4) is 0 Å². The summed E-state index contributed by atoms with van der Waals surface area (Å²) in [6, 6.07) is 7.29. The number of amides is 2. The van der Waals surface area contributed by atoms with E-state index in [1.807, 2.05) is 12.1 Å². The zero-order valence-electron chi connectivity index (χ0n) is 22.0. The lowest BCUT2D eigenvalue weighted by Crippen LogP contribution is -2.47. The number of rotatable bonds is 6. The number of aliphatic hydroxyl groups excluding tert-OH is 1. The van der Waals surface area contributed by atoms with Crippen LogP contribution in [0.4, 0.5) is 0 Å². The Hall–Kier alpha value is -3.80. The third-order valence-corrected chi connectivity index (χ3v) is 8.10. The van der Waals surface area contributed by atoms with E-state index in [9.17, 15) is 24.6 Å². The van der Waals surface area contributed by atoms with Gasteiger partial charge in [0.1, 0.15) is 11.6 Å². The molecule has 216 valence electrons. The molecular weight excluding hydrogens is 573 g/mol. The Morgan fingerprint density at radius 2 is 1.98 bits per heavy atom. The van der Waals surface area contributed by atoms with E-state index in [1.165, 1.54) is 0 Å². The molecule has 0 bridgehead atoms. The van der Waals surface area contributed by atoms with Gasteiger partial charge >= 0.3 is 5.97 Å². The molecule has 0 saturated carbocycles. The van der Waals surface area contributed by atoms with Crippen molar-refractivity contribution >= 4 is 57.9 Å². The van der Waals surface area contributed by atoms with Crippen molar-refractivity contribution in [2.24, 2.45) is 10.7 Å². The third kappa shape index (κ3) is 6.12. The van der Waals surface area contributed by atoms with Crippen molar-refractivity contribution in [3.05, 3.63) is 68.9 Å². The van der Waals surface area contributed by atoms with Crippen LogP contribution >= 0.6 is 23.2 Å². The largest absolute Gasteiger partial charge is 0.480 e. The van der Waals surface area contributed by atoms with Crippen LogP contribution in [0.2, 0.25) is 10.0 Å². The summed E-state index contributed by atoms with van der Waals surface area (Å²) in [5.74, 6) is -2.15. The molecule has 2 atom stereocenters. The van der Waals surface area contributed by atoms with E-state index >= 15 is 0 Å². The minimum Gasteiger partial charge on any atom is -0.480 e. The average molecular weight is 602 g/mol. The number of nitrogens with one attached hydrogen (secondary N) is 1. The van der Waals surface area contributed by atoms with E-state index in [2.05, 4.69) is 10.3 Å². The summed E-state index contributed by atoms with van der Waals surface area (Å²) in [5, 5.41) is 23.0. The molecule has 11 nitrogen and oxygen atoms in total. The van der Waals surface area contributed by atoms with Crippen LogP contribution in [0.1, 0.15) is 44.7 Å². The summed E-state index contributed by atoms with van der Waals surface area (Å²) < 4.78 is 5.42. The molecule has 1 fully saturated rings. The fraction of sp³-hybridized carbons (Fsp3) is 0.357. The summed E-state index contributed by atoms with van der Waals surface area (Å²) in [4.78, 5) is 45.7. The van der Waals surface area contributed by atoms with Crippen molar-refractivity contribution in [3.8, 4) is 0 Å². The van der Waals surface area contributed by atoms with Gasteiger partial charge in [-0.1, -0.05) is 29.3 Å². The van der Waals surface area contributed by atoms with E-state index in [-0.39, 0.29) is 40.6 Å². The van der Waals surface area contributed by atoms with Crippen LogP contribution in [0.15, 0.2) is 46.0 Å². The van der Waals surface area contributed by atoms with Gasteiger partial charge in [-0.2, -0.15) is 0 Å². The molecule has 2 aliphatic rings. The summed E-state index contributed by atoms with van der Waals surface area (Å²) in [6.07, 6.45) is 2.81. The van der Waals surface area contributed by atoms with E-state index in [1.54, 1.807) is 34.3 Å². The average Bonchev–Trinajstić information content (AvgIpc) is 3.42. The predicted octanol–water partition coefficient (Wildman–Crippen LogP) is 2.89. The standard InChI is InChI=1S/C28H29Cl2N5O6/c29-20-10-17-13-34(26(38)16-4-3-15-6-9-41-22(15)11-16)8-5-19(17)24(30)23(20)25(37)33-21(27(39)40)12-32-28(31)35-7-1-2-18(36)14-35/h3-4,6,9-11,18,21,36H,1-2,5,7-8,12-14H2,(H2,31,32)(H,33,37)(H,39,40)/t18-,21+/m1/s1. The molecule has 5 rings (SSSR count). The lowest BCUT2D eigenvalue weighted by atomic mass is 9.96. The van der Waals surface area contributed by atoms with E-state index in [4.69, 9.17) is 33.4 Å². The number of benzene rings is 2. The summed E-state index contributed by atoms with van der Waals surface area (Å²) in [5.41, 5.74) is 8.43. The molecule has 0 aliphatic carbocycles. The zero-order chi connectivity index (χ0) is 29.3. The minimum atomic E-state index is -1.39. The highest BCUT2D eigenvalue weighted by Crippen LogP contribution is 2.35. The molecule has 3 heterocycles. The Morgan fingerprint density at radius 3 is 2.73 bits per heavy atom. The molecule has 41 heavy (non-hydrogen) atoms. The highest BCUT2D eigenvalue weighted by molar-refractivity contribution is 6.40. The molecule has 2 aromatic carbocycles. The smallest absolute Gasteiger partial charge is 0.328 e. The zero-order valence-corrected chi connectivity index (χ0v) is 23.5. The third-order valence-electron chi connectivity index (χ3n) is 7.38. The normalized spacial score (nSPS) is 18.2. The number of carboxylic acids is 1. The lowest BCUT2D eigenvalue weighted by Gasteiger charge is -2.31. The van der Waals surface area contributed by atoms with Gasteiger partial charge in [0.25, 0.3) is 11.8 Å². The first-order valence-corrected chi connectivity index (χ1v) is 13.9. The number of hydrogen-bond donors (Lipinski definition) is 4. The first-order valence-electron chi connectivity index (χ1n) is 13.1. The second kappa shape index (κ2) is 12.0. The fourth-order valence-electron chi connectivity index (χ4n) is 5.17. The van der Waals surface area contributed by atoms with Crippen LogP contribution in [0, 0.1) is 0 Å². The van der Waals surface area contributed by atoms with Gasteiger partial charge in [-0.25, -0.2) is 4.79 Å². The van der Waals surface area contributed by atoms with Gasteiger partial charge in [0.05, 0.1) is 34.5 Å². The quantitative estimate of drug-likeness (QED) is 0.247. The molecule has 13 heteroatoms. The lowest BCUT2D eigenvalue weighted by molar-refractivity contribution is -0.138. The molecule has 2 aliphatic heterocycles. The molecule has 2 amide bonds. The molecule has 0 unspecified atom stereocenters. The monoisotopic (exact) mass is 601 g/mol. The van der Waals surface area contributed by atoms with Crippen molar-refractivity contribution in [3.63, 3.8) is 0 Å². The van der Waals surface area contributed by atoms with E-state index in [0.29, 0.717) is 54.7 Å². The number of furan rings is 1. The van der Waals surface area contributed by atoms with Gasteiger partial charge in [0.2, 0.25) is 0 Å². The van der Waals surface area contributed by atoms with Crippen LogP contribution in [-0.4, -0.2) is 82.1 Å². The number of carbonyl (C=O) groups excluding carboxylic acids is 2. The van der Waals surface area contributed by atoms with Gasteiger partial charge in [0.15, 0.2) is 5.96 Å². The maximum absolute atomic E-state index is 13.2. The SMILES string of the molecule is NC(=NC[C@H](NC(=O)c1c(Cl)cc2c(c1Cl)CCN(C(=O)c1ccc3ccoc3c1)C2)C(=O)O)N1CCC[C@@H](O)C1. The van der Waals surface area contributed by atoms with Gasteiger partial charge in [-0.15, -0.1) is 0 Å². The second-order valence-corrected chi connectivity index (χ2v) is 10.9. The Kier molecular flexibility index (Phi) is 8.39. The number of hydrogen-bond acceptors (Lipinski definition) is 6. The van der Waals surface area contributed by atoms with Crippen molar-refractivity contribution in [2.45, 2.75) is 38.0 Å². The van der Waals surface area contributed by atoms with Crippen molar-refractivity contribution in [1.29, 1.82) is 0 Å². The number of fused-ring (bicyclic) bond motifs is 2. The number of carbonyl (C=O) groups is 3. The first kappa shape index (κ1) is 28.7. The maximum atomic E-state index is 13.2. The predicted molar refractivity (Wildman–Crippen MR) is 153 cm³/mol. The maximum Gasteiger partial charge on any atom is 0.328 e. The number of β-amino-alcohol motifs (C(OH)–C–C–N with tert-alkyl or cyclic N) is 1. The fourth-order valence-corrected chi connectivity index (χ4v) is 5.93. The number of likely N-dealkylation sites (tertiary alicyclic amines) is 1. The van der Waals surface area contributed by atoms with Gasteiger partial charge in [-0.3, -0.25) is 14.6 Å². The Morgan fingerprint density at radius 1 is 1.17 bits per heavy atom. The van der Waals surface area contributed by atoms with Crippen LogP contribution in [-0.2, 0) is 17.8 Å². The van der Waals surface area contributed by atoms with E-state index in [0.717, 1.165) is 11.8 Å². The Balaban J connectivity index is 1.29.